The fourth-order valence-electron chi connectivity index (χ4n) is 4.23. The molecule has 0 saturated carbocycles. The van der Waals surface area contributed by atoms with E-state index >= 15 is 0 Å². The molecule has 0 unspecified atom stereocenters. The van der Waals surface area contributed by atoms with Crippen LogP contribution in [0.3, 0.4) is 0 Å². The molecule has 0 bridgehead atoms. The van der Waals surface area contributed by atoms with Crippen LogP contribution in [0.15, 0.2) is 48.5 Å². The largest absolute Gasteiger partial charge is 0.497 e. The van der Waals surface area contributed by atoms with Gasteiger partial charge in [0.15, 0.2) is 11.5 Å². The Balaban J connectivity index is 2.28. The highest BCUT2D eigenvalue weighted by atomic mass is 16.5. The van der Waals surface area contributed by atoms with Crippen LogP contribution in [0.1, 0.15) is 11.1 Å². The first kappa shape index (κ1) is 19.1. The van der Waals surface area contributed by atoms with Crippen LogP contribution in [0.5, 0.6) is 17.2 Å². The third kappa shape index (κ3) is 2.96. The number of fused-ring (bicyclic) bond motifs is 2. The van der Waals surface area contributed by atoms with Gasteiger partial charge in [-0.15, -0.1) is 0 Å². The average Bonchev–Trinajstić information content (AvgIpc) is 2.74. The maximum absolute atomic E-state index is 5.63. The number of hydrogen-bond donors (Lipinski definition) is 0. The SMILES string of the molecule is COc1ccc2c(-c3c(C)cccc3C)c3cc(OC)c(OC)cc3[n+](C)c2c1. The van der Waals surface area contributed by atoms with Gasteiger partial charge < -0.3 is 14.2 Å². The number of methoxy groups -OCH3 is 3. The van der Waals surface area contributed by atoms with Crippen molar-refractivity contribution in [3.63, 3.8) is 0 Å². The Kier molecular flexibility index (Phi) is 4.79. The number of hydrogen-bond acceptors (Lipinski definition) is 3. The normalized spacial score (nSPS) is 11.1. The van der Waals surface area contributed by atoms with Crippen molar-refractivity contribution in [2.24, 2.45) is 7.05 Å². The molecule has 0 amide bonds. The molecule has 4 nitrogen and oxygen atoms in total. The lowest BCUT2D eigenvalue weighted by atomic mass is 9.89. The summed E-state index contributed by atoms with van der Waals surface area (Å²) >= 11 is 0. The molecule has 0 radical (unpaired) electrons. The second kappa shape index (κ2) is 7.28. The van der Waals surface area contributed by atoms with E-state index in [2.05, 4.69) is 61.9 Å². The van der Waals surface area contributed by atoms with E-state index in [4.69, 9.17) is 14.2 Å². The van der Waals surface area contributed by atoms with E-state index in [-0.39, 0.29) is 0 Å². The molecule has 148 valence electrons. The van der Waals surface area contributed by atoms with Gasteiger partial charge in [-0.1, -0.05) is 18.2 Å². The zero-order chi connectivity index (χ0) is 20.7. The van der Waals surface area contributed by atoms with Crippen LogP contribution < -0.4 is 18.8 Å². The van der Waals surface area contributed by atoms with Crippen LogP contribution in [0, 0.1) is 13.8 Å². The topological polar surface area (TPSA) is 31.6 Å². The van der Waals surface area contributed by atoms with Gasteiger partial charge in [0.05, 0.1) is 44.2 Å². The van der Waals surface area contributed by atoms with Crippen molar-refractivity contribution in [2.75, 3.05) is 21.3 Å². The van der Waals surface area contributed by atoms with Crippen LogP contribution in [-0.2, 0) is 7.05 Å². The molecule has 0 atom stereocenters. The summed E-state index contributed by atoms with van der Waals surface area (Å²) in [5, 5.41) is 2.30. The molecular weight excluding hydrogens is 362 g/mol. The van der Waals surface area contributed by atoms with Gasteiger partial charge in [-0.2, -0.15) is 4.57 Å². The molecule has 0 aliphatic heterocycles. The lowest BCUT2D eigenvalue weighted by Gasteiger charge is -2.17. The van der Waals surface area contributed by atoms with Crippen molar-refractivity contribution in [3.8, 4) is 28.4 Å². The lowest BCUT2D eigenvalue weighted by molar-refractivity contribution is -0.617. The number of aromatic nitrogens is 1. The van der Waals surface area contributed by atoms with E-state index in [9.17, 15) is 0 Å². The fraction of sp³-hybridized carbons (Fsp3) is 0.240. The maximum Gasteiger partial charge on any atom is 0.217 e. The number of ether oxygens (including phenoxy) is 3. The van der Waals surface area contributed by atoms with Gasteiger partial charge in [0.25, 0.3) is 0 Å². The van der Waals surface area contributed by atoms with E-state index in [1.54, 1.807) is 21.3 Å². The Hall–Kier alpha value is -3.27. The minimum Gasteiger partial charge on any atom is -0.497 e. The van der Waals surface area contributed by atoms with Crippen LogP contribution in [-0.4, -0.2) is 21.3 Å². The number of benzene rings is 3. The molecule has 0 aliphatic carbocycles. The highest BCUT2D eigenvalue weighted by Crippen LogP contribution is 2.41. The fourth-order valence-corrected chi connectivity index (χ4v) is 4.23. The predicted molar refractivity (Wildman–Crippen MR) is 117 cm³/mol. The summed E-state index contributed by atoms with van der Waals surface area (Å²) in [6.07, 6.45) is 0. The molecule has 0 fully saturated rings. The van der Waals surface area contributed by atoms with Crippen LogP contribution in [0.2, 0.25) is 0 Å². The lowest BCUT2D eigenvalue weighted by Crippen LogP contribution is -2.30. The molecule has 1 heterocycles. The maximum atomic E-state index is 5.63. The van der Waals surface area contributed by atoms with E-state index in [1.165, 1.54) is 27.6 Å². The molecule has 4 heteroatoms. The molecule has 0 aliphatic rings. The van der Waals surface area contributed by atoms with Gasteiger partial charge in [-0.25, -0.2) is 0 Å². The highest BCUT2D eigenvalue weighted by molar-refractivity contribution is 6.09. The van der Waals surface area contributed by atoms with Gasteiger partial charge >= 0.3 is 0 Å². The van der Waals surface area contributed by atoms with Gasteiger partial charge in [0, 0.05) is 5.56 Å². The molecule has 1 aromatic heterocycles. The summed E-state index contributed by atoms with van der Waals surface area (Å²) < 4.78 is 18.9. The summed E-state index contributed by atoms with van der Waals surface area (Å²) in [4.78, 5) is 0. The number of rotatable bonds is 4. The Morgan fingerprint density at radius 1 is 0.655 bits per heavy atom. The summed E-state index contributed by atoms with van der Waals surface area (Å²) in [5.41, 5.74) is 7.11. The summed E-state index contributed by atoms with van der Waals surface area (Å²) in [5.74, 6) is 2.27. The van der Waals surface area contributed by atoms with Gasteiger partial charge in [-0.3, -0.25) is 0 Å². The first-order chi connectivity index (χ1) is 14.0. The van der Waals surface area contributed by atoms with Crippen molar-refractivity contribution in [1.29, 1.82) is 0 Å². The molecule has 29 heavy (non-hydrogen) atoms. The van der Waals surface area contributed by atoms with Crippen molar-refractivity contribution < 1.29 is 18.8 Å². The Morgan fingerprint density at radius 2 is 1.28 bits per heavy atom. The van der Waals surface area contributed by atoms with Crippen molar-refractivity contribution >= 4 is 21.8 Å². The standard InChI is InChI=1S/C25H26NO3/c1-15-8-7-9-16(2)24(15)25-18-11-10-17(27-4)12-20(18)26(3)21-14-23(29-6)22(28-5)13-19(21)25/h7-14H,1-6H3/q+1. The van der Waals surface area contributed by atoms with Crippen LogP contribution in [0.4, 0.5) is 0 Å². The summed E-state index contributed by atoms with van der Waals surface area (Å²) in [7, 11) is 7.11. The van der Waals surface area contributed by atoms with Gasteiger partial charge in [0.1, 0.15) is 12.8 Å². The molecule has 0 N–H and O–H groups in total. The monoisotopic (exact) mass is 388 g/mol. The van der Waals surface area contributed by atoms with E-state index < -0.39 is 0 Å². The smallest absolute Gasteiger partial charge is 0.217 e. The van der Waals surface area contributed by atoms with Crippen molar-refractivity contribution in [3.05, 3.63) is 59.7 Å². The zero-order valence-corrected chi connectivity index (χ0v) is 17.8. The quantitative estimate of drug-likeness (QED) is 0.359. The zero-order valence-electron chi connectivity index (χ0n) is 17.8. The van der Waals surface area contributed by atoms with Crippen LogP contribution in [0.25, 0.3) is 32.9 Å². The molecular formula is C25H26NO3+. The van der Waals surface area contributed by atoms with E-state index in [0.717, 1.165) is 27.9 Å². The minimum absolute atomic E-state index is 0.713. The summed E-state index contributed by atoms with van der Waals surface area (Å²) in [6, 6.07) is 16.8. The number of aryl methyl sites for hydroxylation is 3. The molecule has 0 saturated heterocycles. The average molecular weight is 388 g/mol. The number of pyridine rings is 1. The highest BCUT2D eigenvalue weighted by Gasteiger charge is 2.24. The van der Waals surface area contributed by atoms with Gasteiger partial charge in [0.2, 0.25) is 11.0 Å². The number of nitrogens with zero attached hydrogens (tertiary/aromatic N) is 1. The Bertz CT molecular complexity index is 1220. The first-order valence-electron chi connectivity index (χ1n) is 9.62. The van der Waals surface area contributed by atoms with Gasteiger partial charge in [-0.05, 0) is 48.7 Å². The van der Waals surface area contributed by atoms with Crippen molar-refractivity contribution in [1.82, 2.24) is 0 Å². The molecule has 4 aromatic rings. The molecule has 0 spiro atoms. The first-order valence-corrected chi connectivity index (χ1v) is 9.62. The summed E-state index contributed by atoms with van der Waals surface area (Å²) in [6.45, 7) is 4.33. The third-order valence-electron chi connectivity index (χ3n) is 5.70. The Labute approximate surface area is 171 Å². The molecule has 4 rings (SSSR count). The van der Waals surface area contributed by atoms with E-state index in [1.807, 2.05) is 12.1 Å². The van der Waals surface area contributed by atoms with E-state index in [0.29, 0.717) is 5.75 Å². The predicted octanol–water partition coefficient (Wildman–Crippen LogP) is 5.13. The second-order valence-corrected chi connectivity index (χ2v) is 7.31. The van der Waals surface area contributed by atoms with Crippen LogP contribution >= 0.6 is 0 Å². The van der Waals surface area contributed by atoms with Crippen molar-refractivity contribution in [2.45, 2.75) is 13.8 Å². The Morgan fingerprint density at radius 3 is 1.90 bits per heavy atom. The third-order valence-corrected chi connectivity index (χ3v) is 5.70. The minimum atomic E-state index is 0.713. The second-order valence-electron chi connectivity index (χ2n) is 7.31. The molecule has 3 aromatic carbocycles.